The molecule has 0 aromatic carbocycles. The first-order valence-electron chi connectivity index (χ1n) is 6.70. The van der Waals surface area contributed by atoms with E-state index in [0.29, 0.717) is 12.3 Å². The lowest BCUT2D eigenvalue weighted by molar-refractivity contribution is 0.00110. The fourth-order valence-corrected chi connectivity index (χ4v) is 2.30. The van der Waals surface area contributed by atoms with Crippen LogP contribution >= 0.6 is 0 Å². The van der Waals surface area contributed by atoms with Crippen molar-refractivity contribution >= 4 is 5.78 Å². The average Bonchev–Trinajstić information content (AvgIpc) is 2.91. The van der Waals surface area contributed by atoms with Crippen molar-refractivity contribution in [3.63, 3.8) is 0 Å². The van der Waals surface area contributed by atoms with Crippen LogP contribution in [0.5, 0.6) is 0 Å². The molecule has 1 aliphatic heterocycles. The lowest BCUT2D eigenvalue weighted by Crippen LogP contribution is -2.42. The molecular weight excluding hydrogens is 230 g/mol. The third-order valence-electron chi connectivity index (χ3n) is 3.18. The molecule has 1 fully saturated rings. The van der Waals surface area contributed by atoms with Crippen LogP contribution < -0.4 is 0 Å². The second kappa shape index (κ2) is 6.71. The zero-order valence-corrected chi connectivity index (χ0v) is 10.9. The number of ketones is 1. The number of ether oxygens (including phenoxy) is 1. The molecule has 2 rings (SSSR count). The molecule has 2 heterocycles. The van der Waals surface area contributed by atoms with E-state index in [1.165, 1.54) is 6.26 Å². The first kappa shape index (κ1) is 13.3. The summed E-state index contributed by atoms with van der Waals surface area (Å²) in [6.07, 6.45) is 5.06. The number of hydrogen-bond acceptors (Lipinski definition) is 4. The maximum absolute atomic E-state index is 11.9. The Hall–Kier alpha value is -1.13. The van der Waals surface area contributed by atoms with Gasteiger partial charge in [-0.25, -0.2) is 0 Å². The molecule has 0 N–H and O–H groups in total. The summed E-state index contributed by atoms with van der Waals surface area (Å²) in [6, 6.07) is 3.47. The highest BCUT2D eigenvalue weighted by Crippen LogP contribution is 2.14. The third kappa shape index (κ3) is 3.68. The van der Waals surface area contributed by atoms with Crippen molar-refractivity contribution in [2.45, 2.75) is 32.3 Å². The van der Waals surface area contributed by atoms with Gasteiger partial charge in [0.25, 0.3) is 0 Å². The summed E-state index contributed by atoms with van der Waals surface area (Å²) in [4.78, 5) is 14.1. The summed E-state index contributed by atoms with van der Waals surface area (Å²) in [5, 5.41) is 0. The monoisotopic (exact) mass is 251 g/mol. The number of hydrogen-bond donors (Lipinski definition) is 0. The summed E-state index contributed by atoms with van der Waals surface area (Å²) in [7, 11) is 0. The molecule has 1 aromatic heterocycles. The van der Waals surface area contributed by atoms with Gasteiger partial charge in [-0.05, 0) is 37.9 Å². The standard InChI is InChI=1S/C14H21NO3/c1-2-8-17-12-5-3-7-15(10-12)11-13(16)14-6-4-9-18-14/h4,6,9,12H,2-3,5,7-8,10-11H2,1H3. The van der Waals surface area contributed by atoms with Crippen molar-refractivity contribution in [3.8, 4) is 0 Å². The van der Waals surface area contributed by atoms with Gasteiger partial charge in [-0.3, -0.25) is 9.69 Å². The Balaban J connectivity index is 1.80. The van der Waals surface area contributed by atoms with Gasteiger partial charge in [0, 0.05) is 13.2 Å². The summed E-state index contributed by atoms with van der Waals surface area (Å²) < 4.78 is 10.9. The molecule has 1 aromatic rings. The molecule has 18 heavy (non-hydrogen) atoms. The molecule has 4 nitrogen and oxygen atoms in total. The number of carbonyl (C=O) groups excluding carboxylic acids is 1. The van der Waals surface area contributed by atoms with E-state index in [-0.39, 0.29) is 11.9 Å². The fourth-order valence-electron chi connectivity index (χ4n) is 2.30. The van der Waals surface area contributed by atoms with E-state index in [4.69, 9.17) is 9.15 Å². The van der Waals surface area contributed by atoms with Crippen molar-refractivity contribution in [2.24, 2.45) is 0 Å². The summed E-state index contributed by atoms with van der Waals surface area (Å²) in [5.74, 6) is 0.503. The highest BCUT2D eigenvalue weighted by molar-refractivity contribution is 5.94. The summed E-state index contributed by atoms with van der Waals surface area (Å²) >= 11 is 0. The van der Waals surface area contributed by atoms with Crippen LogP contribution in [0, 0.1) is 0 Å². The maximum atomic E-state index is 11.9. The topological polar surface area (TPSA) is 42.7 Å². The van der Waals surface area contributed by atoms with Gasteiger partial charge in [-0.15, -0.1) is 0 Å². The zero-order chi connectivity index (χ0) is 12.8. The highest BCUT2D eigenvalue weighted by Gasteiger charge is 2.22. The van der Waals surface area contributed by atoms with Crippen LogP contribution in [0.3, 0.4) is 0 Å². The smallest absolute Gasteiger partial charge is 0.211 e. The van der Waals surface area contributed by atoms with E-state index in [2.05, 4.69) is 11.8 Å². The maximum Gasteiger partial charge on any atom is 0.211 e. The molecule has 0 spiro atoms. The molecule has 100 valence electrons. The Kier molecular flexibility index (Phi) is 4.96. The van der Waals surface area contributed by atoms with Crippen molar-refractivity contribution < 1.29 is 13.9 Å². The van der Waals surface area contributed by atoms with Gasteiger partial charge in [0.05, 0.1) is 18.9 Å². The van der Waals surface area contributed by atoms with Gasteiger partial charge in [0.2, 0.25) is 5.78 Å². The van der Waals surface area contributed by atoms with Gasteiger partial charge in [-0.1, -0.05) is 6.92 Å². The van der Waals surface area contributed by atoms with Crippen LogP contribution in [-0.4, -0.2) is 43.0 Å². The zero-order valence-electron chi connectivity index (χ0n) is 10.9. The van der Waals surface area contributed by atoms with Crippen LogP contribution in [0.25, 0.3) is 0 Å². The highest BCUT2D eigenvalue weighted by atomic mass is 16.5. The Bertz CT molecular complexity index is 361. The minimum atomic E-state index is 0.0520. The molecule has 0 bridgehead atoms. The lowest BCUT2D eigenvalue weighted by atomic mass is 10.1. The van der Waals surface area contributed by atoms with Crippen molar-refractivity contribution in [3.05, 3.63) is 24.2 Å². The van der Waals surface area contributed by atoms with Gasteiger partial charge in [0.1, 0.15) is 0 Å². The summed E-state index contributed by atoms with van der Waals surface area (Å²) in [5.41, 5.74) is 0. The molecule has 1 saturated heterocycles. The second-order valence-corrected chi connectivity index (χ2v) is 4.77. The minimum absolute atomic E-state index is 0.0520. The van der Waals surface area contributed by atoms with Gasteiger partial charge < -0.3 is 9.15 Å². The molecule has 4 heteroatoms. The normalized spacial score (nSPS) is 21.1. The van der Waals surface area contributed by atoms with E-state index in [9.17, 15) is 4.79 Å². The predicted molar refractivity (Wildman–Crippen MR) is 68.7 cm³/mol. The van der Waals surface area contributed by atoms with Crippen molar-refractivity contribution in [1.29, 1.82) is 0 Å². The summed E-state index contributed by atoms with van der Waals surface area (Å²) in [6.45, 7) is 5.18. The van der Waals surface area contributed by atoms with Gasteiger partial charge >= 0.3 is 0 Å². The van der Waals surface area contributed by atoms with Crippen LogP contribution in [0.4, 0.5) is 0 Å². The van der Waals surface area contributed by atoms with E-state index in [1.807, 2.05) is 0 Å². The third-order valence-corrected chi connectivity index (χ3v) is 3.18. The first-order valence-corrected chi connectivity index (χ1v) is 6.70. The number of carbonyl (C=O) groups is 1. The largest absolute Gasteiger partial charge is 0.461 e. The van der Waals surface area contributed by atoms with Crippen LogP contribution in [0.2, 0.25) is 0 Å². The number of nitrogens with zero attached hydrogens (tertiary/aromatic N) is 1. The average molecular weight is 251 g/mol. The second-order valence-electron chi connectivity index (χ2n) is 4.77. The van der Waals surface area contributed by atoms with Crippen LogP contribution in [0.15, 0.2) is 22.8 Å². The predicted octanol–water partition coefficient (Wildman–Crippen LogP) is 2.35. The molecule has 0 radical (unpaired) electrons. The Morgan fingerprint density at radius 1 is 1.61 bits per heavy atom. The van der Waals surface area contributed by atoms with Crippen molar-refractivity contribution in [1.82, 2.24) is 4.90 Å². The lowest BCUT2D eigenvalue weighted by Gasteiger charge is -2.31. The van der Waals surface area contributed by atoms with Crippen LogP contribution in [0.1, 0.15) is 36.7 Å². The van der Waals surface area contributed by atoms with E-state index < -0.39 is 0 Å². The first-order chi connectivity index (χ1) is 8.79. The van der Waals surface area contributed by atoms with E-state index >= 15 is 0 Å². The quantitative estimate of drug-likeness (QED) is 0.728. The number of piperidine rings is 1. The molecule has 0 saturated carbocycles. The van der Waals surface area contributed by atoms with E-state index in [0.717, 1.165) is 39.0 Å². The minimum Gasteiger partial charge on any atom is -0.461 e. The number of rotatable bonds is 6. The molecule has 0 amide bonds. The molecule has 1 aliphatic rings. The fraction of sp³-hybridized carbons (Fsp3) is 0.643. The van der Waals surface area contributed by atoms with Crippen molar-refractivity contribution in [2.75, 3.05) is 26.2 Å². The van der Waals surface area contributed by atoms with Gasteiger partial charge in [-0.2, -0.15) is 0 Å². The Labute approximate surface area is 108 Å². The molecule has 0 aliphatic carbocycles. The Morgan fingerprint density at radius 3 is 3.22 bits per heavy atom. The Morgan fingerprint density at radius 2 is 2.50 bits per heavy atom. The molecule has 1 unspecified atom stereocenters. The number of likely N-dealkylation sites (tertiary alicyclic amines) is 1. The SMILES string of the molecule is CCCOC1CCCN(CC(=O)c2ccco2)C1. The van der Waals surface area contributed by atoms with Crippen LogP contribution in [-0.2, 0) is 4.74 Å². The number of Topliss-reactive ketones (excluding diaryl/α,β-unsaturated/α-hetero) is 1. The van der Waals surface area contributed by atoms with Gasteiger partial charge in [0.15, 0.2) is 5.76 Å². The molecule has 1 atom stereocenters. The molecular formula is C14H21NO3. The van der Waals surface area contributed by atoms with E-state index in [1.54, 1.807) is 12.1 Å². The number of furan rings is 1.